The number of hydrogen-bond acceptors (Lipinski definition) is 4. The number of carbonyl (C=O) groups is 1. The average Bonchev–Trinajstić information content (AvgIpc) is 2.72. The Morgan fingerprint density at radius 3 is 2.55 bits per heavy atom. The number of methoxy groups -OCH3 is 1. The van der Waals surface area contributed by atoms with E-state index in [1.165, 1.54) is 17.0 Å². The molecule has 162 valence electrons. The van der Waals surface area contributed by atoms with E-state index in [0.29, 0.717) is 24.3 Å². The van der Waals surface area contributed by atoms with E-state index in [0.717, 1.165) is 22.9 Å². The van der Waals surface area contributed by atoms with Crippen molar-refractivity contribution in [1.29, 1.82) is 0 Å². The molecule has 9 heteroatoms. The second kappa shape index (κ2) is 9.94. The molecule has 0 saturated carbocycles. The Balaban J connectivity index is 1.88. The van der Waals surface area contributed by atoms with Gasteiger partial charge in [0.15, 0.2) is 0 Å². The van der Waals surface area contributed by atoms with Gasteiger partial charge in [0.1, 0.15) is 11.6 Å². The zero-order valence-corrected chi connectivity index (χ0v) is 16.8. The van der Waals surface area contributed by atoms with Gasteiger partial charge in [0.25, 0.3) is 5.56 Å². The van der Waals surface area contributed by atoms with Crippen LogP contribution >= 0.6 is 0 Å². The van der Waals surface area contributed by atoms with Crippen LogP contribution in [0.3, 0.4) is 0 Å². The standard InChI is InChI=1S/C22H21F2N3O4/c1-31-9-3-8-26(22(29)30)19-5-2-4-15(10-19)14-27-21(28)7-6-20(25-27)16-11-17(23)13-18(24)12-16/h2,4-7,10-13H,3,8-9,14H2,1H3,(H,29,30). The maximum Gasteiger partial charge on any atom is 0.411 e. The molecule has 1 amide bonds. The van der Waals surface area contributed by atoms with E-state index >= 15 is 0 Å². The summed E-state index contributed by atoms with van der Waals surface area (Å²) in [5.74, 6) is -1.49. The highest BCUT2D eigenvalue weighted by molar-refractivity contribution is 5.86. The molecule has 2 aromatic carbocycles. The molecule has 7 nitrogen and oxygen atoms in total. The summed E-state index contributed by atoms with van der Waals surface area (Å²) in [6.45, 7) is 0.742. The third kappa shape index (κ3) is 5.73. The molecule has 0 aliphatic heterocycles. The first kappa shape index (κ1) is 22.1. The average molecular weight is 429 g/mol. The molecule has 0 spiro atoms. The van der Waals surface area contributed by atoms with Crippen LogP contribution in [0.4, 0.5) is 19.3 Å². The van der Waals surface area contributed by atoms with Gasteiger partial charge in [0.2, 0.25) is 0 Å². The highest BCUT2D eigenvalue weighted by Crippen LogP contribution is 2.20. The molecule has 0 atom stereocenters. The van der Waals surface area contributed by atoms with Crippen molar-refractivity contribution in [2.24, 2.45) is 0 Å². The number of anilines is 1. The first-order valence-electron chi connectivity index (χ1n) is 9.50. The molecule has 1 heterocycles. The van der Waals surface area contributed by atoms with Crippen LogP contribution in [-0.4, -0.2) is 41.2 Å². The summed E-state index contributed by atoms with van der Waals surface area (Å²) in [7, 11) is 1.54. The zero-order valence-electron chi connectivity index (χ0n) is 16.8. The maximum absolute atomic E-state index is 13.5. The van der Waals surface area contributed by atoms with Gasteiger partial charge in [-0.25, -0.2) is 18.3 Å². The zero-order chi connectivity index (χ0) is 22.4. The molecule has 0 radical (unpaired) electrons. The fourth-order valence-electron chi connectivity index (χ4n) is 3.12. The molecule has 0 aliphatic rings. The summed E-state index contributed by atoms with van der Waals surface area (Å²) in [5.41, 5.74) is 1.14. The summed E-state index contributed by atoms with van der Waals surface area (Å²) < 4.78 is 33.2. The van der Waals surface area contributed by atoms with Crippen LogP contribution in [0.25, 0.3) is 11.3 Å². The van der Waals surface area contributed by atoms with E-state index in [9.17, 15) is 23.5 Å². The van der Waals surface area contributed by atoms with Crippen molar-refractivity contribution >= 4 is 11.8 Å². The van der Waals surface area contributed by atoms with Crippen molar-refractivity contribution < 1.29 is 23.4 Å². The summed E-state index contributed by atoms with van der Waals surface area (Å²) in [6, 6.07) is 12.4. The smallest absolute Gasteiger partial charge is 0.411 e. The van der Waals surface area contributed by atoms with E-state index in [2.05, 4.69) is 5.10 Å². The first-order chi connectivity index (χ1) is 14.9. The van der Waals surface area contributed by atoms with Crippen molar-refractivity contribution in [3.05, 3.63) is 82.1 Å². The summed E-state index contributed by atoms with van der Waals surface area (Å²) in [4.78, 5) is 25.1. The van der Waals surface area contributed by atoms with E-state index in [4.69, 9.17) is 4.74 Å². The van der Waals surface area contributed by atoms with Crippen molar-refractivity contribution in [2.75, 3.05) is 25.2 Å². The monoisotopic (exact) mass is 429 g/mol. The highest BCUT2D eigenvalue weighted by atomic mass is 19.1. The minimum absolute atomic E-state index is 0.0594. The molecule has 1 aromatic heterocycles. The molecule has 3 aromatic rings. The van der Waals surface area contributed by atoms with Crippen LogP contribution in [0.5, 0.6) is 0 Å². The van der Waals surface area contributed by atoms with Crippen LogP contribution in [0.15, 0.2) is 59.4 Å². The van der Waals surface area contributed by atoms with E-state index in [1.54, 1.807) is 31.4 Å². The number of rotatable bonds is 8. The number of amides is 1. The lowest BCUT2D eigenvalue weighted by atomic mass is 10.1. The summed E-state index contributed by atoms with van der Waals surface area (Å²) >= 11 is 0. The van der Waals surface area contributed by atoms with Gasteiger partial charge in [-0.1, -0.05) is 12.1 Å². The molecule has 31 heavy (non-hydrogen) atoms. The SMILES string of the molecule is COCCCN(C(=O)O)c1cccc(Cn2nc(-c3cc(F)cc(F)c3)ccc2=O)c1. The van der Waals surface area contributed by atoms with Gasteiger partial charge in [-0.3, -0.25) is 9.69 Å². The second-order valence-corrected chi connectivity index (χ2v) is 6.82. The molecular formula is C22H21F2N3O4. The Hall–Kier alpha value is -3.59. The minimum atomic E-state index is -1.10. The van der Waals surface area contributed by atoms with Gasteiger partial charge >= 0.3 is 6.09 Å². The maximum atomic E-state index is 13.5. The highest BCUT2D eigenvalue weighted by Gasteiger charge is 2.15. The van der Waals surface area contributed by atoms with Gasteiger partial charge in [-0.05, 0) is 42.3 Å². The molecule has 0 fully saturated rings. The Labute approximate surface area is 177 Å². The number of hydrogen-bond donors (Lipinski definition) is 1. The molecule has 0 bridgehead atoms. The van der Waals surface area contributed by atoms with Crippen molar-refractivity contribution in [3.8, 4) is 11.3 Å². The lowest BCUT2D eigenvalue weighted by molar-refractivity contribution is 0.189. The summed E-state index contributed by atoms with van der Waals surface area (Å²) in [5, 5.41) is 13.7. The van der Waals surface area contributed by atoms with Gasteiger partial charge in [-0.15, -0.1) is 0 Å². The van der Waals surface area contributed by atoms with Gasteiger partial charge in [-0.2, -0.15) is 5.10 Å². The molecule has 0 unspecified atom stereocenters. The molecule has 0 saturated heterocycles. The largest absolute Gasteiger partial charge is 0.465 e. The van der Waals surface area contributed by atoms with Crippen LogP contribution in [-0.2, 0) is 11.3 Å². The third-order valence-electron chi connectivity index (χ3n) is 4.54. The Morgan fingerprint density at radius 1 is 1.13 bits per heavy atom. The van der Waals surface area contributed by atoms with Gasteiger partial charge in [0.05, 0.1) is 12.2 Å². The van der Waals surface area contributed by atoms with E-state index < -0.39 is 23.3 Å². The number of halogens is 2. The molecular weight excluding hydrogens is 408 g/mol. The fourth-order valence-corrected chi connectivity index (χ4v) is 3.12. The lowest BCUT2D eigenvalue weighted by Crippen LogP contribution is -2.31. The molecule has 0 aliphatic carbocycles. The van der Waals surface area contributed by atoms with Crippen LogP contribution in [0, 0.1) is 11.6 Å². The first-order valence-corrected chi connectivity index (χ1v) is 9.50. The van der Waals surface area contributed by atoms with Crippen LogP contribution in [0.1, 0.15) is 12.0 Å². The van der Waals surface area contributed by atoms with Crippen molar-refractivity contribution in [1.82, 2.24) is 9.78 Å². The normalized spacial score (nSPS) is 10.8. The minimum Gasteiger partial charge on any atom is -0.465 e. The Kier molecular flexibility index (Phi) is 7.09. The molecule has 1 N–H and O–H groups in total. The van der Waals surface area contributed by atoms with Crippen molar-refractivity contribution in [2.45, 2.75) is 13.0 Å². The number of benzene rings is 2. The van der Waals surface area contributed by atoms with E-state index in [-0.39, 0.29) is 24.3 Å². The second-order valence-electron chi connectivity index (χ2n) is 6.82. The van der Waals surface area contributed by atoms with Crippen LogP contribution < -0.4 is 10.5 Å². The van der Waals surface area contributed by atoms with Gasteiger partial charge in [0, 0.05) is 43.6 Å². The fraction of sp³-hybridized carbons (Fsp3) is 0.227. The number of nitrogens with zero attached hydrogens (tertiary/aromatic N) is 3. The summed E-state index contributed by atoms with van der Waals surface area (Å²) in [6.07, 6.45) is -0.570. The predicted octanol–water partition coefficient (Wildman–Crippen LogP) is 3.76. The number of aromatic nitrogens is 2. The topological polar surface area (TPSA) is 84.7 Å². The Morgan fingerprint density at radius 2 is 1.87 bits per heavy atom. The number of carboxylic acid groups (broad SMARTS) is 1. The third-order valence-corrected chi connectivity index (χ3v) is 4.54. The lowest BCUT2D eigenvalue weighted by Gasteiger charge is -2.20. The molecule has 3 rings (SSSR count). The van der Waals surface area contributed by atoms with Crippen molar-refractivity contribution in [3.63, 3.8) is 0 Å². The predicted molar refractivity (Wildman–Crippen MR) is 111 cm³/mol. The quantitative estimate of drug-likeness (QED) is 0.551. The van der Waals surface area contributed by atoms with Crippen LogP contribution in [0.2, 0.25) is 0 Å². The van der Waals surface area contributed by atoms with Gasteiger partial charge < -0.3 is 9.84 Å². The Bertz CT molecular complexity index is 1110. The van der Waals surface area contributed by atoms with E-state index in [1.807, 2.05) is 0 Å². The number of ether oxygens (including phenoxy) is 1.